The van der Waals surface area contributed by atoms with Gasteiger partial charge in [-0.2, -0.15) is 0 Å². The summed E-state index contributed by atoms with van der Waals surface area (Å²) >= 11 is 0. The van der Waals surface area contributed by atoms with Crippen LogP contribution in [0.5, 0.6) is 0 Å². The van der Waals surface area contributed by atoms with E-state index in [0.29, 0.717) is 6.42 Å². The number of hydrogen-bond acceptors (Lipinski definition) is 0. The normalized spacial score (nSPS) is 14.4. The third kappa shape index (κ3) is 4.70. The largest absolute Gasteiger partial charge is 0.242 e. The van der Waals surface area contributed by atoms with Crippen LogP contribution < -0.4 is 0 Å². The molecule has 0 N–H and O–H groups in total. The lowest BCUT2D eigenvalue weighted by molar-refractivity contribution is 0.343. The molecule has 1 atom stereocenters. The standard InChI is InChI=1S/C17H21F/c1-4-14(3)11-12-15(5-2)13-17(18)16-9-7-6-8-10-16/h5-12,17H,2,4,13H2,1,3H3/b14-11+,15-12+. The minimum Gasteiger partial charge on any atom is -0.242 e. The third-order valence-electron chi connectivity index (χ3n) is 2.98. The van der Waals surface area contributed by atoms with Crippen molar-refractivity contribution in [2.24, 2.45) is 0 Å². The molecule has 0 heterocycles. The number of alkyl halides is 1. The van der Waals surface area contributed by atoms with Gasteiger partial charge >= 0.3 is 0 Å². The number of hydrogen-bond donors (Lipinski definition) is 0. The molecule has 96 valence electrons. The van der Waals surface area contributed by atoms with E-state index in [0.717, 1.165) is 17.6 Å². The van der Waals surface area contributed by atoms with E-state index in [9.17, 15) is 4.39 Å². The molecular weight excluding hydrogens is 223 g/mol. The molecule has 0 nitrogen and oxygen atoms in total. The molecule has 1 aromatic rings. The van der Waals surface area contributed by atoms with Crippen LogP contribution in [0.4, 0.5) is 4.39 Å². The van der Waals surface area contributed by atoms with Crippen LogP contribution >= 0.6 is 0 Å². The van der Waals surface area contributed by atoms with E-state index in [2.05, 4.69) is 20.4 Å². The number of halogens is 1. The maximum atomic E-state index is 14.1. The minimum atomic E-state index is -0.967. The second kappa shape index (κ2) is 7.65. The Balaban J connectivity index is 2.72. The Labute approximate surface area is 110 Å². The third-order valence-corrected chi connectivity index (χ3v) is 2.98. The zero-order valence-electron chi connectivity index (χ0n) is 11.2. The van der Waals surface area contributed by atoms with Crippen molar-refractivity contribution in [1.82, 2.24) is 0 Å². The Hall–Kier alpha value is -1.63. The maximum Gasteiger partial charge on any atom is 0.129 e. The van der Waals surface area contributed by atoms with Gasteiger partial charge in [-0.25, -0.2) is 4.39 Å². The minimum absolute atomic E-state index is 0.376. The summed E-state index contributed by atoms with van der Waals surface area (Å²) in [5.41, 5.74) is 2.94. The van der Waals surface area contributed by atoms with E-state index in [1.807, 2.05) is 42.5 Å². The molecule has 1 unspecified atom stereocenters. The van der Waals surface area contributed by atoms with Crippen molar-refractivity contribution in [2.75, 3.05) is 0 Å². The quantitative estimate of drug-likeness (QED) is 0.575. The molecule has 0 saturated carbocycles. The first-order chi connectivity index (χ1) is 8.67. The van der Waals surface area contributed by atoms with Crippen LogP contribution in [-0.2, 0) is 0 Å². The van der Waals surface area contributed by atoms with Crippen molar-refractivity contribution in [3.8, 4) is 0 Å². The van der Waals surface area contributed by atoms with Crippen molar-refractivity contribution in [2.45, 2.75) is 32.9 Å². The zero-order chi connectivity index (χ0) is 13.4. The molecule has 1 aromatic carbocycles. The Morgan fingerprint density at radius 1 is 1.28 bits per heavy atom. The predicted molar refractivity (Wildman–Crippen MR) is 77.2 cm³/mol. The summed E-state index contributed by atoms with van der Waals surface area (Å²) in [6.45, 7) is 7.92. The Morgan fingerprint density at radius 2 is 1.94 bits per heavy atom. The van der Waals surface area contributed by atoms with Gasteiger partial charge in [0.1, 0.15) is 6.17 Å². The molecule has 0 amide bonds. The lowest BCUT2D eigenvalue weighted by Gasteiger charge is -2.08. The van der Waals surface area contributed by atoms with Crippen LogP contribution in [0.2, 0.25) is 0 Å². The highest BCUT2D eigenvalue weighted by Gasteiger charge is 2.09. The summed E-state index contributed by atoms with van der Waals surface area (Å²) in [6, 6.07) is 9.26. The first-order valence-electron chi connectivity index (χ1n) is 6.35. The monoisotopic (exact) mass is 244 g/mol. The highest BCUT2D eigenvalue weighted by atomic mass is 19.1. The van der Waals surface area contributed by atoms with E-state index in [1.165, 1.54) is 5.57 Å². The second-order valence-electron chi connectivity index (χ2n) is 4.39. The van der Waals surface area contributed by atoms with Gasteiger partial charge in [0.15, 0.2) is 0 Å². The highest BCUT2D eigenvalue weighted by Crippen LogP contribution is 2.25. The van der Waals surface area contributed by atoms with E-state index in [1.54, 1.807) is 6.08 Å². The van der Waals surface area contributed by atoms with Gasteiger partial charge in [0.25, 0.3) is 0 Å². The molecular formula is C17H21F. The highest BCUT2D eigenvalue weighted by molar-refractivity contribution is 5.27. The summed E-state index contributed by atoms with van der Waals surface area (Å²) in [6.07, 6.45) is 6.15. The van der Waals surface area contributed by atoms with Crippen molar-refractivity contribution in [3.05, 3.63) is 71.8 Å². The zero-order valence-corrected chi connectivity index (χ0v) is 11.2. The van der Waals surface area contributed by atoms with Crippen LogP contribution in [-0.4, -0.2) is 0 Å². The summed E-state index contributed by atoms with van der Waals surface area (Å²) < 4.78 is 14.1. The number of benzene rings is 1. The molecule has 18 heavy (non-hydrogen) atoms. The van der Waals surface area contributed by atoms with Gasteiger partial charge in [0.2, 0.25) is 0 Å². The van der Waals surface area contributed by atoms with Gasteiger partial charge in [-0.3, -0.25) is 0 Å². The Kier molecular flexibility index (Phi) is 6.13. The summed E-state index contributed by atoms with van der Waals surface area (Å²) in [5.74, 6) is 0. The summed E-state index contributed by atoms with van der Waals surface area (Å²) in [4.78, 5) is 0. The lowest BCUT2D eigenvalue weighted by Crippen LogP contribution is -1.92. The van der Waals surface area contributed by atoms with E-state index < -0.39 is 6.17 Å². The fourth-order valence-electron chi connectivity index (χ4n) is 1.57. The molecule has 0 aliphatic heterocycles. The fraction of sp³-hybridized carbons (Fsp3) is 0.294. The van der Waals surface area contributed by atoms with Crippen molar-refractivity contribution >= 4 is 0 Å². The summed E-state index contributed by atoms with van der Waals surface area (Å²) in [5, 5.41) is 0. The molecule has 0 aliphatic rings. The van der Waals surface area contributed by atoms with Gasteiger partial charge in [0.05, 0.1) is 0 Å². The lowest BCUT2D eigenvalue weighted by atomic mass is 10.0. The molecule has 1 rings (SSSR count). The smallest absolute Gasteiger partial charge is 0.129 e. The molecule has 0 saturated heterocycles. The first-order valence-corrected chi connectivity index (χ1v) is 6.35. The first kappa shape index (κ1) is 14.4. The van der Waals surface area contributed by atoms with Crippen LogP contribution in [0, 0.1) is 0 Å². The van der Waals surface area contributed by atoms with Crippen LogP contribution in [0.3, 0.4) is 0 Å². The molecule has 0 radical (unpaired) electrons. The van der Waals surface area contributed by atoms with E-state index in [-0.39, 0.29) is 0 Å². The van der Waals surface area contributed by atoms with Gasteiger partial charge in [0, 0.05) is 6.42 Å². The van der Waals surface area contributed by atoms with Crippen LogP contribution in [0.25, 0.3) is 0 Å². The van der Waals surface area contributed by atoms with Crippen LogP contribution in [0.1, 0.15) is 38.4 Å². The van der Waals surface area contributed by atoms with Crippen molar-refractivity contribution < 1.29 is 4.39 Å². The van der Waals surface area contributed by atoms with Gasteiger partial charge < -0.3 is 0 Å². The van der Waals surface area contributed by atoms with Gasteiger partial charge in [-0.15, -0.1) is 0 Å². The number of rotatable bonds is 6. The Bertz CT molecular complexity index is 426. The second-order valence-corrected chi connectivity index (χ2v) is 4.39. The molecule has 0 spiro atoms. The maximum absolute atomic E-state index is 14.1. The SMILES string of the molecule is C=C/C(=C\C=C(/C)CC)CC(F)c1ccccc1. The number of allylic oxidation sites excluding steroid dienone is 5. The molecule has 1 heteroatoms. The van der Waals surface area contributed by atoms with Crippen molar-refractivity contribution in [1.29, 1.82) is 0 Å². The van der Waals surface area contributed by atoms with Gasteiger partial charge in [-0.1, -0.05) is 67.6 Å². The summed E-state index contributed by atoms with van der Waals surface area (Å²) in [7, 11) is 0. The molecule has 0 fully saturated rings. The van der Waals surface area contributed by atoms with Crippen LogP contribution in [0.15, 0.2) is 66.3 Å². The fourth-order valence-corrected chi connectivity index (χ4v) is 1.57. The average Bonchev–Trinajstić information content (AvgIpc) is 2.43. The Morgan fingerprint density at radius 3 is 2.50 bits per heavy atom. The molecule has 0 aromatic heterocycles. The topological polar surface area (TPSA) is 0 Å². The molecule has 0 aliphatic carbocycles. The molecule has 0 bridgehead atoms. The predicted octanol–water partition coefficient (Wildman–Crippen LogP) is 5.56. The van der Waals surface area contributed by atoms with Crippen molar-refractivity contribution in [3.63, 3.8) is 0 Å². The average molecular weight is 244 g/mol. The van der Waals surface area contributed by atoms with E-state index >= 15 is 0 Å². The van der Waals surface area contributed by atoms with E-state index in [4.69, 9.17) is 0 Å². The van der Waals surface area contributed by atoms with Gasteiger partial charge in [-0.05, 0) is 24.5 Å².